The summed E-state index contributed by atoms with van der Waals surface area (Å²) in [5.74, 6) is 5.76. The molecule has 0 fully saturated rings. The average molecular weight is 276 g/mol. The summed E-state index contributed by atoms with van der Waals surface area (Å²) in [6, 6.07) is 2.16. The van der Waals surface area contributed by atoms with Crippen molar-refractivity contribution in [2.75, 3.05) is 12.0 Å². The quantitative estimate of drug-likeness (QED) is 0.586. The van der Waals surface area contributed by atoms with Crippen LogP contribution in [0.3, 0.4) is 0 Å². The van der Waals surface area contributed by atoms with E-state index in [1.807, 2.05) is 0 Å². The van der Waals surface area contributed by atoms with Crippen LogP contribution in [0.15, 0.2) is 11.4 Å². The fourth-order valence-corrected chi connectivity index (χ4v) is 3.57. The Morgan fingerprint density at radius 2 is 2.24 bits per heavy atom. The zero-order chi connectivity index (χ0) is 12.9. The third-order valence-electron chi connectivity index (χ3n) is 2.69. The van der Waals surface area contributed by atoms with Crippen LogP contribution in [0.25, 0.3) is 0 Å². The number of sulfone groups is 1. The first-order valence-electron chi connectivity index (χ1n) is 5.68. The molecular weight excluding hydrogens is 256 g/mol. The molecule has 98 valence electrons. The second kappa shape index (κ2) is 6.49. The predicted molar refractivity (Wildman–Crippen MR) is 72.7 cm³/mol. The molecule has 0 bridgehead atoms. The van der Waals surface area contributed by atoms with Crippen molar-refractivity contribution in [2.45, 2.75) is 32.2 Å². The monoisotopic (exact) mass is 276 g/mol. The minimum atomic E-state index is -2.88. The Morgan fingerprint density at radius 3 is 2.76 bits per heavy atom. The molecule has 1 atom stereocenters. The molecule has 0 saturated carbocycles. The van der Waals surface area contributed by atoms with E-state index in [9.17, 15) is 8.42 Å². The number of hydrazine groups is 1. The van der Waals surface area contributed by atoms with Crippen LogP contribution in [-0.4, -0.2) is 20.4 Å². The van der Waals surface area contributed by atoms with Gasteiger partial charge < -0.3 is 0 Å². The lowest BCUT2D eigenvalue weighted by Crippen LogP contribution is -2.28. The van der Waals surface area contributed by atoms with Gasteiger partial charge in [-0.3, -0.25) is 11.3 Å². The number of nitrogens with one attached hydrogen (secondary N) is 1. The lowest BCUT2D eigenvalue weighted by atomic mass is 10.1. The Kier molecular flexibility index (Phi) is 5.58. The fourth-order valence-electron chi connectivity index (χ4n) is 1.79. The number of aryl methyl sites for hydroxylation is 1. The van der Waals surface area contributed by atoms with Gasteiger partial charge in [0.2, 0.25) is 0 Å². The van der Waals surface area contributed by atoms with E-state index in [1.54, 1.807) is 11.3 Å². The van der Waals surface area contributed by atoms with E-state index in [0.29, 0.717) is 6.42 Å². The standard InChI is InChI=1S/C11H20N2O2S2/c1-3-9-6-7-16-11(9)10(13-12)5-4-8-17(2,14)15/h6-7,10,13H,3-5,8,12H2,1-2H3. The summed E-state index contributed by atoms with van der Waals surface area (Å²) in [5.41, 5.74) is 4.07. The minimum absolute atomic E-state index is 0.0618. The van der Waals surface area contributed by atoms with E-state index >= 15 is 0 Å². The van der Waals surface area contributed by atoms with Gasteiger partial charge in [-0.15, -0.1) is 11.3 Å². The second-order valence-electron chi connectivity index (χ2n) is 4.16. The van der Waals surface area contributed by atoms with Gasteiger partial charge in [-0.05, 0) is 36.3 Å². The van der Waals surface area contributed by atoms with Crippen molar-refractivity contribution in [1.82, 2.24) is 5.43 Å². The SMILES string of the molecule is CCc1ccsc1C(CCCS(C)(=O)=O)NN. The highest BCUT2D eigenvalue weighted by atomic mass is 32.2. The molecule has 0 aromatic carbocycles. The Labute approximate surface area is 107 Å². The number of nitrogens with two attached hydrogens (primary N) is 1. The number of hydrogen-bond donors (Lipinski definition) is 2. The molecule has 0 aliphatic rings. The summed E-state index contributed by atoms with van der Waals surface area (Å²) in [6.07, 6.45) is 3.62. The molecule has 0 saturated heterocycles. The van der Waals surface area contributed by atoms with Crippen LogP contribution in [0.2, 0.25) is 0 Å². The summed E-state index contributed by atoms with van der Waals surface area (Å²) in [6.45, 7) is 2.11. The van der Waals surface area contributed by atoms with Crippen LogP contribution < -0.4 is 11.3 Å². The molecular formula is C11H20N2O2S2. The van der Waals surface area contributed by atoms with Crippen LogP contribution in [0.5, 0.6) is 0 Å². The first-order valence-corrected chi connectivity index (χ1v) is 8.62. The van der Waals surface area contributed by atoms with E-state index in [0.717, 1.165) is 12.8 Å². The molecule has 17 heavy (non-hydrogen) atoms. The third-order valence-corrected chi connectivity index (χ3v) is 4.79. The van der Waals surface area contributed by atoms with Gasteiger partial charge in [0.05, 0.1) is 6.04 Å². The van der Waals surface area contributed by atoms with E-state index in [1.165, 1.54) is 16.7 Å². The molecule has 1 rings (SSSR count). The van der Waals surface area contributed by atoms with Gasteiger partial charge in [0.15, 0.2) is 0 Å². The molecule has 1 aromatic rings. The van der Waals surface area contributed by atoms with Crippen LogP contribution in [0.4, 0.5) is 0 Å². The van der Waals surface area contributed by atoms with Crippen LogP contribution in [-0.2, 0) is 16.3 Å². The summed E-state index contributed by atoms with van der Waals surface area (Å²) >= 11 is 1.67. The maximum Gasteiger partial charge on any atom is 0.147 e. The first kappa shape index (κ1) is 14.6. The zero-order valence-electron chi connectivity index (χ0n) is 10.3. The minimum Gasteiger partial charge on any atom is -0.271 e. The largest absolute Gasteiger partial charge is 0.271 e. The van der Waals surface area contributed by atoms with Gasteiger partial charge in [-0.25, -0.2) is 8.42 Å². The van der Waals surface area contributed by atoms with Crippen LogP contribution in [0.1, 0.15) is 36.2 Å². The first-order chi connectivity index (χ1) is 7.98. The molecule has 4 nitrogen and oxygen atoms in total. The van der Waals surface area contributed by atoms with Gasteiger partial charge in [-0.1, -0.05) is 6.92 Å². The van der Waals surface area contributed by atoms with E-state index in [-0.39, 0.29) is 11.8 Å². The van der Waals surface area contributed by atoms with Gasteiger partial charge in [0.25, 0.3) is 0 Å². The normalized spacial score (nSPS) is 13.8. The Balaban J connectivity index is 2.60. The lowest BCUT2D eigenvalue weighted by Gasteiger charge is -2.15. The van der Waals surface area contributed by atoms with Gasteiger partial charge in [0.1, 0.15) is 9.84 Å². The maximum absolute atomic E-state index is 11.1. The second-order valence-corrected chi connectivity index (χ2v) is 7.36. The van der Waals surface area contributed by atoms with Gasteiger partial charge in [0, 0.05) is 16.9 Å². The highest BCUT2D eigenvalue weighted by Crippen LogP contribution is 2.27. The fraction of sp³-hybridized carbons (Fsp3) is 0.636. The molecule has 0 spiro atoms. The molecule has 1 heterocycles. The van der Waals surface area contributed by atoms with Crippen molar-refractivity contribution in [2.24, 2.45) is 5.84 Å². The summed E-state index contributed by atoms with van der Waals surface area (Å²) in [4.78, 5) is 1.23. The van der Waals surface area contributed by atoms with Crippen molar-refractivity contribution in [1.29, 1.82) is 0 Å². The Bertz CT molecular complexity index is 440. The molecule has 3 N–H and O–H groups in total. The maximum atomic E-state index is 11.1. The van der Waals surface area contributed by atoms with Gasteiger partial charge in [-0.2, -0.15) is 0 Å². The van der Waals surface area contributed by atoms with Crippen LogP contribution in [0, 0.1) is 0 Å². The Hall–Kier alpha value is -0.430. The Morgan fingerprint density at radius 1 is 1.53 bits per heavy atom. The third kappa shape index (κ3) is 4.75. The van der Waals surface area contributed by atoms with Crippen molar-refractivity contribution < 1.29 is 8.42 Å². The van der Waals surface area contributed by atoms with Crippen molar-refractivity contribution >= 4 is 21.2 Å². The van der Waals surface area contributed by atoms with E-state index in [2.05, 4.69) is 23.8 Å². The van der Waals surface area contributed by atoms with E-state index < -0.39 is 9.84 Å². The molecule has 1 aromatic heterocycles. The average Bonchev–Trinajstić information content (AvgIpc) is 2.70. The van der Waals surface area contributed by atoms with Crippen molar-refractivity contribution in [3.63, 3.8) is 0 Å². The predicted octanol–water partition coefficient (Wildman–Crippen LogP) is 1.64. The molecule has 1 unspecified atom stereocenters. The topological polar surface area (TPSA) is 72.2 Å². The van der Waals surface area contributed by atoms with Crippen molar-refractivity contribution in [3.05, 3.63) is 21.9 Å². The summed E-state index contributed by atoms with van der Waals surface area (Å²) < 4.78 is 22.1. The highest BCUT2D eigenvalue weighted by Gasteiger charge is 2.15. The molecule has 0 amide bonds. The number of hydrogen-bond acceptors (Lipinski definition) is 5. The molecule has 6 heteroatoms. The summed E-state index contributed by atoms with van der Waals surface area (Å²) in [7, 11) is -2.88. The number of thiophene rings is 1. The van der Waals surface area contributed by atoms with Crippen LogP contribution >= 0.6 is 11.3 Å². The van der Waals surface area contributed by atoms with E-state index in [4.69, 9.17) is 5.84 Å². The van der Waals surface area contributed by atoms with Gasteiger partial charge >= 0.3 is 0 Å². The molecule has 0 aliphatic heterocycles. The smallest absolute Gasteiger partial charge is 0.147 e. The number of rotatable bonds is 7. The zero-order valence-corrected chi connectivity index (χ0v) is 11.9. The lowest BCUT2D eigenvalue weighted by molar-refractivity contribution is 0.512. The highest BCUT2D eigenvalue weighted by molar-refractivity contribution is 7.90. The summed E-state index contributed by atoms with van der Waals surface area (Å²) in [5, 5.41) is 2.05. The molecule has 0 radical (unpaired) electrons. The van der Waals surface area contributed by atoms with Crippen molar-refractivity contribution in [3.8, 4) is 0 Å². The molecule has 0 aliphatic carbocycles.